The van der Waals surface area contributed by atoms with Crippen molar-refractivity contribution in [3.63, 3.8) is 0 Å². The fourth-order valence-electron chi connectivity index (χ4n) is 2.30. The SMILES string of the molecule is CC(CN)N(C)C(=O)c1cccc(NC(=O)C2CCCO2)c1.Cl. The quantitative estimate of drug-likeness (QED) is 0.852. The lowest BCUT2D eigenvalue weighted by Gasteiger charge is -2.23. The fourth-order valence-corrected chi connectivity index (χ4v) is 2.30. The molecule has 2 atom stereocenters. The van der Waals surface area contributed by atoms with Gasteiger partial charge < -0.3 is 20.7 Å². The van der Waals surface area contributed by atoms with Crippen molar-refractivity contribution in [3.8, 4) is 0 Å². The van der Waals surface area contributed by atoms with Gasteiger partial charge in [-0.2, -0.15) is 0 Å². The molecular weight excluding hydrogens is 318 g/mol. The molecule has 1 saturated heterocycles. The first-order chi connectivity index (χ1) is 10.5. The smallest absolute Gasteiger partial charge is 0.253 e. The Morgan fingerprint density at radius 2 is 2.22 bits per heavy atom. The molecule has 2 amide bonds. The lowest BCUT2D eigenvalue weighted by Crippen LogP contribution is -2.39. The summed E-state index contributed by atoms with van der Waals surface area (Å²) in [5.41, 5.74) is 6.71. The van der Waals surface area contributed by atoms with Crippen LogP contribution in [0.25, 0.3) is 0 Å². The van der Waals surface area contributed by atoms with Gasteiger partial charge in [-0.3, -0.25) is 9.59 Å². The van der Waals surface area contributed by atoms with Gasteiger partial charge in [-0.05, 0) is 38.0 Å². The van der Waals surface area contributed by atoms with Gasteiger partial charge >= 0.3 is 0 Å². The zero-order valence-corrected chi connectivity index (χ0v) is 14.3. The summed E-state index contributed by atoms with van der Waals surface area (Å²) >= 11 is 0. The maximum atomic E-state index is 12.4. The summed E-state index contributed by atoms with van der Waals surface area (Å²) in [5.74, 6) is -0.281. The lowest BCUT2D eigenvalue weighted by atomic mass is 10.1. The zero-order valence-electron chi connectivity index (χ0n) is 13.5. The molecule has 6 nitrogen and oxygen atoms in total. The molecule has 1 heterocycles. The maximum Gasteiger partial charge on any atom is 0.253 e. The largest absolute Gasteiger partial charge is 0.368 e. The van der Waals surface area contributed by atoms with Crippen LogP contribution in [0.1, 0.15) is 30.1 Å². The van der Waals surface area contributed by atoms with Gasteiger partial charge in [0.1, 0.15) is 6.10 Å². The number of likely N-dealkylation sites (N-methyl/N-ethyl adjacent to an activating group) is 1. The van der Waals surface area contributed by atoms with Crippen molar-refractivity contribution in [2.45, 2.75) is 31.9 Å². The van der Waals surface area contributed by atoms with E-state index in [1.165, 1.54) is 0 Å². The molecule has 1 aliphatic rings. The predicted molar refractivity (Wildman–Crippen MR) is 91.9 cm³/mol. The van der Waals surface area contributed by atoms with Crippen LogP contribution in [0, 0.1) is 0 Å². The Morgan fingerprint density at radius 3 is 2.83 bits per heavy atom. The molecule has 3 N–H and O–H groups in total. The molecule has 0 bridgehead atoms. The van der Waals surface area contributed by atoms with Crippen molar-refractivity contribution in [2.24, 2.45) is 5.73 Å². The summed E-state index contributed by atoms with van der Waals surface area (Å²) in [6.45, 7) is 2.91. The van der Waals surface area contributed by atoms with Gasteiger partial charge in [-0.15, -0.1) is 12.4 Å². The first kappa shape index (κ1) is 19.4. The van der Waals surface area contributed by atoms with Gasteiger partial charge in [0.05, 0.1) is 0 Å². The minimum Gasteiger partial charge on any atom is -0.368 e. The van der Waals surface area contributed by atoms with Crippen LogP contribution in [0.15, 0.2) is 24.3 Å². The number of nitrogens with zero attached hydrogens (tertiary/aromatic N) is 1. The summed E-state index contributed by atoms with van der Waals surface area (Å²) < 4.78 is 5.35. The monoisotopic (exact) mass is 341 g/mol. The molecule has 0 spiro atoms. The van der Waals surface area contributed by atoms with Crippen molar-refractivity contribution in [1.82, 2.24) is 4.90 Å². The Balaban J connectivity index is 0.00000264. The number of hydrogen-bond donors (Lipinski definition) is 2. The van der Waals surface area contributed by atoms with Crippen molar-refractivity contribution >= 4 is 29.9 Å². The highest BCUT2D eigenvalue weighted by Crippen LogP contribution is 2.17. The van der Waals surface area contributed by atoms with Crippen LogP contribution in [0.5, 0.6) is 0 Å². The molecule has 2 unspecified atom stereocenters. The van der Waals surface area contributed by atoms with Gasteiger partial charge in [0.2, 0.25) is 0 Å². The van der Waals surface area contributed by atoms with E-state index < -0.39 is 0 Å². The number of carbonyl (C=O) groups excluding carboxylic acids is 2. The third-order valence-corrected chi connectivity index (χ3v) is 3.92. The molecule has 2 rings (SSSR count). The Bertz CT molecular complexity index is 547. The average Bonchev–Trinajstić information content (AvgIpc) is 3.07. The third kappa shape index (κ3) is 4.92. The van der Waals surface area contributed by atoms with Crippen LogP contribution < -0.4 is 11.1 Å². The normalized spacial score (nSPS) is 18.0. The van der Waals surface area contributed by atoms with Crippen molar-refractivity contribution in [3.05, 3.63) is 29.8 Å². The summed E-state index contributed by atoms with van der Waals surface area (Å²) in [4.78, 5) is 26.0. The number of ether oxygens (including phenoxy) is 1. The first-order valence-corrected chi connectivity index (χ1v) is 7.52. The Hall–Kier alpha value is -1.63. The van der Waals surface area contributed by atoms with E-state index in [9.17, 15) is 9.59 Å². The van der Waals surface area contributed by atoms with Gasteiger partial charge in [0.25, 0.3) is 11.8 Å². The fraction of sp³-hybridized carbons (Fsp3) is 0.500. The number of carbonyl (C=O) groups is 2. The van der Waals surface area contributed by atoms with E-state index in [0.717, 1.165) is 12.8 Å². The van der Waals surface area contributed by atoms with E-state index in [1.54, 1.807) is 36.2 Å². The van der Waals surface area contributed by atoms with E-state index in [-0.39, 0.29) is 36.4 Å². The van der Waals surface area contributed by atoms with E-state index in [0.29, 0.717) is 24.4 Å². The molecule has 1 fully saturated rings. The van der Waals surface area contributed by atoms with Crippen molar-refractivity contribution in [1.29, 1.82) is 0 Å². The molecule has 23 heavy (non-hydrogen) atoms. The topological polar surface area (TPSA) is 84.7 Å². The lowest BCUT2D eigenvalue weighted by molar-refractivity contribution is -0.124. The van der Waals surface area contributed by atoms with E-state index in [1.807, 2.05) is 6.92 Å². The van der Waals surface area contributed by atoms with Crippen LogP contribution in [0.4, 0.5) is 5.69 Å². The molecule has 0 aromatic heterocycles. The van der Waals surface area contributed by atoms with E-state index in [4.69, 9.17) is 10.5 Å². The molecule has 128 valence electrons. The number of nitrogens with two attached hydrogens (primary N) is 1. The average molecular weight is 342 g/mol. The number of amides is 2. The summed E-state index contributed by atoms with van der Waals surface area (Å²) in [6.07, 6.45) is 1.25. The number of rotatable bonds is 5. The second kappa shape index (κ2) is 8.86. The highest BCUT2D eigenvalue weighted by atomic mass is 35.5. The standard InChI is InChI=1S/C16H23N3O3.ClH/c1-11(10-17)19(2)16(21)12-5-3-6-13(9-12)18-15(20)14-7-4-8-22-14;/h3,5-6,9,11,14H,4,7-8,10,17H2,1-2H3,(H,18,20);1H. The van der Waals surface area contributed by atoms with Crippen LogP contribution in [0.3, 0.4) is 0 Å². The van der Waals surface area contributed by atoms with Gasteiger partial charge in [0.15, 0.2) is 0 Å². The number of halogens is 1. The molecule has 0 radical (unpaired) electrons. The minimum atomic E-state index is -0.390. The van der Waals surface area contributed by atoms with Crippen molar-refractivity contribution < 1.29 is 14.3 Å². The van der Waals surface area contributed by atoms with Gasteiger partial charge in [-0.1, -0.05) is 6.07 Å². The number of benzene rings is 1. The van der Waals surface area contributed by atoms with Gasteiger partial charge in [0, 0.05) is 37.5 Å². The highest BCUT2D eigenvalue weighted by Gasteiger charge is 2.24. The molecule has 1 aromatic carbocycles. The second-order valence-electron chi connectivity index (χ2n) is 5.57. The van der Waals surface area contributed by atoms with Crippen LogP contribution >= 0.6 is 12.4 Å². The Labute approximate surface area is 142 Å². The van der Waals surface area contributed by atoms with Crippen LogP contribution in [0.2, 0.25) is 0 Å². The highest BCUT2D eigenvalue weighted by molar-refractivity contribution is 5.98. The number of hydrogen-bond acceptors (Lipinski definition) is 4. The van der Waals surface area contributed by atoms with E-state index >= 15 is 0 Å². The van der Waals surface area contributed by atoms with Crippen molar-refractivity contribution in [2.75, 3.05) is 25.5 Å². The zero-order chi connectivity index (χ0) is 16.1. The Kier molecular flexibility index (Phi) is 7.48. The molecule has 1 aliphatic heterocycles. The summed E-state index contributed by atoms with van der Waals surface area (Å²) in [6, 6.07) is 6.87. The molecule has 0 aliphatic carbocycles. The Morgan fingerprint density at radius 1 is 1.48 bits per heavy atom. The van der Waals surface area contributed by atoms with Gasteiger partial charge in [-0.25, -0.2) is 0 Å². The predicted octanol–water partition coefficient (Wildman–Crippen LogP) is 1.65. The van der Waals surface area contributed by atoms with Crippen LogP contribution in [-0.2, 0) is 9.53 Å². The molecule has 7 heteroatoms. The van der Waals surface area contributed by atoms with Crippen LogP contribution in [-0.4, -0.2) is 49.1 Å². The molecular formula is C16H24ClN3O3. The number of nitrogens with one attached hydrogen (secondary N) is 1. The van der Waals surface area contributed by atoms with E-state index in [2.05, 4.69) is 5.32 Å². The minimum absolute atomic E-state index is 0. The first-order valence-electron chi connectivity index (χ1n) is 7.52. The summed E-state index contributed by atoms with van der Waals surface area (Å²) in [5, 5.41) is 2.80. The second-order valence-corrected chi connectivity index (χ2v) is 5.57. The maximum absolute atomic E-state index is 12.4. The number of anilines is 1. The summed E-state index contributed by atoms with van der Waals surface area (Å²) in [7, 11) is 1.72. The molecule has 1 aromatic rings. The third-order valence-electron chi connectivity index (χ3n) is 3.92. The molecule has 0 saturated carbocycles.